The van der Waals surface area contributed by atoms with E-state index in [2.05, 4.69) is 9.89 Å². The number of benzene rings is 4. The molecule has 1 aliphatic rings. The van der Waals surface area contributed by atoms with Gasteiger partial charge in [-0.25, -0.2) is 4.98 Å². The first-order valence-corrected chi connectivity index (χ1v) is 15.0. The molecule has 1 aliphatic heterocycles. The molecule has 0 saturated heterocycles. The van der Waals surface area contributed by atoms with E-state index in [9.17, 15) is 9.59 Å². The molecule has 0 radical (unpaired) electrons. The van der Waals surface area contributed by atoms with E-state index in [4.69, 9.17) is 14.5 Å². The van der Waals surface area contributed by atoms with Crippen molar-refractivity contribution in [2.45, 2.75) is 13.3 Å². The van der Waals surface area contributed by atoms with Crippen molar-refractivity contribution in [1.29, 1.82) is 0 Å². The molecule has 0 saturated carbocycles. The second-order valence-corrected chi connectivity index (χ2v) is 10.9. The predicted molar refractivity (Wildman–Crippen MR) is 177 cm³/mol. The maximum Gasteiger partial charge on any atom is 0.266 e. The van der Waals surface area contributed by atoms with Gasteiger partial charge in [-0.15, -0.1) is 0 Å². The van der Waals surface area contributed by atoms with Crippen molar-refractivity contribution in [3.8, 4) is 28.6 Å². The molecule has 0 bridgehead atoms. The van der Waals surface area contributed by atoms with E-state index >= 15 is 0 Å². The number of nitrogens with zero attached hydrogens (tertiary/aromatic N) is 5. The van der Waals surface area contributed by atoms with Crippen LogP contribution in [0.15, 0.2) is 101 Å². The van der Waals surface area contributed by atoms with E-state index < -0.39 is 0 Å². The van der Waals surface area contributed by atoms with Crippen LogP contribution < -0.4 is 15.0 Å². The molecule has 6 rings (SSSR count). The highest BCUT2D eigenvalue weighted by atomic mass is 16.5. The lowest BCUT2D eigenvalue weighted by atomic mass is 10.0. The molecule has 5 aromatic rings. The summed E-state index contributed by atoms with van der Waals surface area (Å²) in [5, 5.41) is 0.562. The third kappa shape index (κ3) is 6.21. The standard InChI is InChI=1S/C36H35N5O4/c1-4-40-21-19-37-32-22-26(33(44-3)23-30(32)35(40)42)18-20-39(2)24-45-28-16-14-27(15-17-28)41-34(25-10-6-5-7-11-25)38-31-13-9-8-12-29(31)36(41)43/h5-17,19,22-23H,4,18,20-21,24H2,1-3H3. The number of para-hydroxylation sites is 1. The molecular formula is C36H35N5O4. The summed E-state index contributed by atoms with van der Waals surface area (Å²) >= 11 is 0. The van der Waals surface area contributed by atoms with E-state index in [1.165, 1.54) is 0 Å². The number of ether oxygens (including phenoxy) is 2. The topological polar surface area (TPSA) is 89.3 Å². The van der Waals surface area contributed by atoms with Crippen molar-refractivity contribution in [3.05, 3.63) is 112 Å². The van der Waals surface area contributed by atoms with Gasteiger partial charge in [-0.2, -0.15) is 0 Å². The molecule has 45 heavy (non-hydrogen) atoms. The fourth-order valence-corrected chi connectivity index (χ4v) is 5.44. The minimum absolute atomic E-state index is 0.0376. The van der Waals surface area contributed by atoms with Gasteiger partial charge in [-0.1, -0.05) is 42.5 Å². The second kappa shape index (κ2) is 13.2. The average molecular weight is 602 g/mol. The van der Waals surface area contributed by atoms with Crippen LogP contribution in [0.3, 0.4) is 0 Å². The summed E-state index contributed by atoms with van der Waals surface area (Å²) in [6, 6.07) is 28.4. The summed E-state index contributed by atoms with van der Waals surface area (Å²) in [6.07, 6.45) is 2.47. The minimum Gasteiger partial charge on any atom is -0.496 e. The molecule has 0 spiro atoms. The molecule has 0 N–H and O–H groups in total. The van der Waals surface area contributed by atoms with Gasteiger partial charge in [0.2, 0.25) is 0 Å². The van der Waals surface area contributed by atoms with Crippen LogP contribution in [0.2, 0.25) is 0 Å². The highest BCUT2D eigenvalue weighted by Gasteiger charge is 2.22. The van der Waals surface area contributed by atoms with Crippen LogP contribution in [0.5, 0.6) is 11.5 Å². The third-order valence-electron chi connectivity index (χ3n) is 7.95. The molecule has 228 valence electrons. The maximum atomic E-state index is 13.6. The van der Waals surface area contributed by atoms with E-state index in [1.807, 2.05) is 92.8 Å². The molecule has 2 heterocycles. The predicted octanol–water partition coefficient (Wildman–Crippen LogP) is 5.75. The summed E-state index contributed by atoms with van der Waals surface area (Å²) in [6.45, 7) is 4.13. The van der Waals surface area contributed by atoms with Crippen LogP contribution in [0.1, 0.15) is 22.8 Å². The summed E-state index contributed by atoms with van der Waals surface area (Å²) in [5.41, 5.74) is 4.30. The lowest BCUT2D eigenvalue weighted by molar-refractivity contribution is 0.0791. The van der Waals surface area contributed by atoms with Crippen molar-refractivity contribution in [2.75, 3.05) is 40.5 Å². The lowest BCUT2D eigenvalue weighted by Crippen LogP contribution is -2.31. The van der Waals surface area contributed by atoms with Gasteiger partial charge in [0.15, 0.2) is 0 Å². The number of likely N-dealkylation sites (N-methyl/N-ethyl adjacent to an activating group) is 1. The number of aromatic nitrogens is 2. The molecule has 0 unspecified atom stereocenters. The molecule has 9 heteroatoms. The Morgan fingerprint density at radius 2 is 1.69 bits per heavy atom. The Bertz CT molecular complexity index is 1920. The van der Waals surface area contributed by atoms with Crippen molar-refractivity contribution < 1.29 is 14.3 Å². The fourth-order valence-electron chi connectivity index (χ4n) is 5.44. The Labute approximate surface area is 262 Å². The normalized spacial score (nSPS) is 12.8. The SMILES string of the molecule is CCN1CC=Nc2cc(CCN(C)COc3ccc(-n4c(-c5ccccc5)nc5ccccc5c4=O)cc3)c(OC)cc2C1=O. The van der Waals surface area contributed by atoms with Gasteiger partial charge in [-0.3, -0.25) is 24.0 Å². The zero-order valence-electron chi connectivity index (χ0n) is 25.6. The number of methoxy groups -OCH3 is 1. The quantitative estimate of drug-likeness (QED) is 0.190. The largest absolute Gasteiger partial charge is 0.496 e. The molecule has 9 nitrogen and oxygen atoms in total. The monoisotopic (exact) mass is 601 g/mol. The van der Waals surface area contributed by atoms with Gasteiger partial charge in [0.05, 0.1) is 41.5 Å². The van der Waals surface area contributed by atoms with Crippen LogP contribution in [-0.4, -0.2) is 72.0 Å². The van der Waals surface area contributed by atoms with Crippen LogP contribution in [0.4, 0.5) is 5.69 Å². The van der Waals surface area contributed by atoms with Gasteiger partial charge in [0.1, 0.15) is 24.1 Å². The van der Waals surface area contributed by atoms with E-state index in [0.717, 1.165) is 11.1 Å². The van der Waals surface area contributed by atoms with Crippen molar-refractivity contribution in [3.63, 3.8) is 0 Å². The first kappa shape index (κ1) is 29.8. The van der Waals surface area contributed by atoms with Crippen LogP contribution in [0, 0.1) is 0 Å². The number of hydrogen-bond acceptors (Lipinski definition) is 7. The Kier molecular flexibility index (Phi) is 8.70. The molecule has 4 aromatic carbocycles. The Balaban J connectivity index is 1.15. The average Bonchev–Trinajstić information content (AvgIpc) is 3.24. The first-order chi connectivity index (χ1) is 22.0. The van der Waals surface area contributed by atoms with Crippen LogP contribution >= 0.6 is 0 Å². The van der Waals surface area contributed by atoms with Crippen LogP contribution in [-0.2, 0) is 6.42 Å². The van der Waals surface area contributed by atoms with Gasteiger partial charge < -0.3 is 14.4 Å². The van der Waals surface area contributed by atoms with Gasteiger partial charge in [0, 0.05) is 24.9 Å². The highest BCUT2D eigenvalue weighted by Crippen LogP contribution is 2.32. The van der Waals surface area contributed by atoms with E-state index in [0.29, 0.717) is 78.0 Å². The minimum atomic E-state index is -0.126. The summed E-state index contributed by atoms with van der Waals surface area (Å²) < 4.78 is 13.4. The summed E-state index contributed by atoms with van der Waals surface area (Å²) in [4.78, 5) is 39.8. The van der Waals surface area contributed by atoms with Crippen LogP contribution in [0.25, 0.3) is 28.0 Å². The maximum absolute atomic E-state index is 13.6. The lowest BCUT2D eigenvalue weighted by Gasteiger charge is -2.20. The number of aliphatic imine (C=N–C) groups is 1. The number of rotatable bonds is 10. The Morgan fingerprint density at radius 3 is 2.44 bits per heavy atom. The molecular weight excluding hydrogens is 566 g/mol. The fraction of sp³-hybridized carbons (Fsp3) is 0.222. The number of carbonyl (C=O) groups excluding carboxylic acids is 1. The van der Waals surface area contributed by atoms with Crippen molar-refractivity contribution in [2.24, 2.45) is 4.99 Å². The first-order valence-electron chi connectivity index (χ1n) is 15.0. The van der Waals surface area contributed by atoms with Crippen molar-refractivity contribution in [1.82, 2.24) is 19.4 Å². The smallest absolute Gasteiger partial charge is 0.266 e. The third-order valence-corrected chi connectivity index (χ3v) is 7.95. The van der Waals surface area contributed by atoms with Gasteiger partial charge in [-0.05, 0) is 74.5 Å². The summed E-state index contributed by atoms with van der Waals surface area (Å²) in [5.74, 6) is 1.90. The number of fused-ring (bicyclic) bond motifs is 2. The zero-order chi connectivity index (χ0) is 31.3. The number of amides is 1. The zero-order valence-corrected chi connectivity index (χ0v) is 25.6. The van der Waals surface area contributed by atoms with E-state index in [1.54, 1.807) is 34.9 Å². The Hall–Kier alpha value is -5.28. The molecule has 0 aliphatic carbocycles. The van der Waals surface area contributed by atoms with Gasteiger partial charge in [0.25, 0.3) is 11.5 Å². The van der Waals surface area contributed by atoms with Gasteiger partial charge >= 0.3 is 0 Å². The molecule has 1 aromatic heterocycles. The molecule has 0 atom stereocenters. The second-order valence-electron chi connectivity index (χ2n) is 10.9. The van der Waals surface area contributed by atoms with Crippen molar-refractivity contribution >= 4 is 28.7 Å². The highest BCUT2D eigenvalue weighted by molar-refractivity contribution is 6.02. The van der Waals surface area contributed by atoms with E-state index in [-0.39, 0.29) is 11.5 Å². The number of carbonyl (C=O) groups is 1. The number of hydrogen-bond donors (Lipinski definition) is 0. The molecule has 1 amide bonds. The Morgan fingerprint density at radius 1 is 0.933 bits per heavy atom. The summed E-state index contributed by atoms with van der Waals surface area (Å²) in [7, 11) is 3.60. The molecule has 0 fully saturated rings.